The van der Waals surface area contributed by atoms with Gasteiger partial charge in [0.1, 0.15) is 4.88 Å². The minimum Gasteiger partial charge on any atom is -0.448 e. The average molecular weight is 329 g/mol. The van der Waals surface area contributed by atoms with Gasteiger partial charge in [-0.3, -0.25) is 4.79 Å². The Morgan fingerprint density at radius 1 is 1.30 bits per heavy atom. The Balaban J connectivity index is 2.12. The molecule has 2 aromatic rings. The predicted molar refractivity (Wildman–Crippen MR) is 92.6 cm³/mol. The van der Waals surface area contributed by atoms with Gasteiger partial charge >= 0.3 is 5.97 Å². The Bertz CT molecular complexity index is 703. The zero-order valence-electron chi connectivity index (χ0n) is 13.2. The zero-order chi connectivity index (χ0) is 16.8. The molecule has 23 heavy (non-hydrogen) atoms. The number of carbonyl (C=O) groups excluding carboxylic acids is 2. The number of esters is 1. The maximum atomic E-state index is 12.3. The number of amides is 1. The van der Waals surface area contributed by atoms with Crippen molar-refractivity contribution in [1.82, 2.24) is 5.32 Å². The van der Waals surface area contributed by atoms with Crippen LogP contribution in [0.25, 0.3) is 11.1 Å². The van der Waals surface area contributed by atoms with Gasteiger partial charge in [0.05, 0.1) is 0 Å². The van der Waals surface area contributed by atoms with Crippen molar-refractivity contribution in [3.63, 3.8) is 0 Å². The molecule has 0 fully saturated rings. The van der Waals surface area contributed by atoms with Crippen LogP contribution in [-0.4, -0.2) is 24.5 Å². The average Bonchev–Trinajstić information content (AvgIpc) is 3.02. The van der Waals surface area contributed by atoms with Crippen LogP contribution < -0.4 is 5.32 Å². The van der Waals surface area contributed by atoms with Gasteiger partial charge in [0.15, 0.2) is 6.10 Å². The van der Waals surface area contributed by atoms with E-state index in [0.29, 0.717) is 11.4 Å². The SMILES string of the molecule is C=CCNC(=O)C(C)OC(=O)c1sccc1-c1ccc(C)cc1. The molecule has 1 amide bonds. The lowest BCUT2D eigenvalue weighted by atomic mass is 10.1. The Labute approximate surface area is 139 Å². The van der Waals surface area contributed by atoms with Gasteiger partial charge < -0.3 is 10.1 Å². The first-order chi connectivity index (χ1) is 11.0. The second-order valence-corrected chi connectivity index (χ2v) is 6.03. The Kier molecular flexibility index (Phi) is 5.71. The fourth-order valence-electron chi connectivity index (χ4n) is 2.01. The quantitative estimate of drug-likeness (QED) is 0.651. The topological polar surface area (TPSA) is 55.4 Å². The van der Waals surface area contributed by atoms with Gasteiger partial charge in [0.25, 0.3) is 5.91 Å². The number of aryl methyl sites for hydroxylation is 1. The second-order valence-electron chi connectivity index (χ2n) is 5.11. The van der Waals surface area contributed by atoms with Crippen molar-refractivity contribution in [2.45, 2.75) is 20.0 Å². The number of hydrogen-bond acceptors (Lipinski definition) is 4. The van der Waals surface area contributed by atoms with Gasteiger partial charge in [0.2, 0.25) is 0 Å². The summed E-state index contributed by atoms with van der Waals surface area (Å²) >= 11 is 1.31. The van der Waals surface area contributed by atoms with Gasteiger partial charge in [-0.1, -0.05) is 35.9 Å². The lowest BCUT2D eigenvalue weighted by Gasteiger charge is -2.13. The molecule has 0 saturated carbocycles. The standard InChI is InChI=1S/C18H19NO3S/c1-4-10-19-17(20)13(3)22-18(21)16-15(9-11-23-16)14-7-5-12(2)6-8-14/h4-9,11,13H,1,10H2,2-3H3,(H,19,20). The van der Waals surface area contributed by atoms with Crippen LogP contribution in [0.5, 0.6) is 0 Å². The van der Waals surface area contributed by atoms with Gasteiger partial charge in [-0.25, -0.2) is 4.79 Å². The first-order valence-corrected chi connectivity index (χ1v) is 8.15. The van der Waals surface area contributed by atoms with Crippen molar-refractivity contribution in [3.8, 4) is 11.1 Å². The summed E-state index contributed by atoms with van der Waals surface area (Å²) in [6, 6.07) is 9.80. The van der Waals surface area contributed by atoms with Crippen LogP contribution in [0.15, 0.2) is 48.4 Å². The highest BCUT2D eigenvalue weighted by Gasteiger charge is 2.21. The normalized spacial score (nSPS) is 11.6. The zero-order valence-corrected chi connectivity index (χ0v) is 14.0. The van der Waals surface area contributed by atoms with E-state index in [-0.39, 0.29) is 5.91 Å². The largest absolute Gasteiger partial charge is 0.448 e. The molecular formula is C18H19NO3S. The summed E-state index contributed by atoms with van der Waals surface area (Å²) in [5.74, 6) is -0.830. The minimum absolute atomic E-state index is 0.341. The van der Waals surface area contributed by atoms with Crippen molar-refractivity contribution in [3.05, 3.63) is 58.8 Å². The molecule has 0 aliphatic rings. The third-order valence-electron chi connectivity index (χ3n) is 3.29. The first-order valence-electron chi connectivity index (χ1n) is 7.27. The fraction of sp³-hybridized carbons (Fsp3) is 0.222. The third kappa shape index (κ3) is 4.29. The molecule has 5 heteroatoms. The Morgan fingerprint density at radius 3 is 2.65 bits per heavy atom. The first kappa shape index (κ1) is 17.0. The van der Waals surface area contributed by atoms with E-state index in [0.717, 1.165) is 16.7 Å². The van der Waals surface area contributed by atoms with Crippen LogP contribution in [0.2, 0.25) is 0 Å². The summed E-state index contributed by atoms with van der Waals surface area (Å²) in [6.07, 6.45) is 0.719. The fourth-order valence-corrected chi connectivity index (χ4v) is 2.81. The highest BCUT2D eigenvalue weighted by Crippen LogP contribution is 2.29. The number of hydrogen-bond donors (Lipinski definition) is 1. The molecule has 1 aromatic heterocycles. The molecule has 0 aliphatic heterocycles. The lowest BCUT2D eigenvalue weighted by molar-refractivity contribution is -0.128. The number of thiophene rings is 1. The molecule has 0 aliphatic carbocycles. The number of ether oxygens (including phenoxy) is 1. The molecule has 0 spiro atoms. The van der Waals surface area contributed by atoms with Crippen LogP contribution >= 0.6 is 11.3 Å². The van der Waals surface area contributed by atoms with Crippen LogP contribution in [0.1, 0.15) is 22.2 Å². The maximum Gasteiger partial charge on any atom is 0.349 e. The third-order valence-corrected chi connectivity index (χ3v) is 4.18. The van der Waals surface area contributed by atoms with E-state index in [1.54, 1.807) is 13.0 Å². The van der Waals surface area contributed by atoms with Gasteiger partial charge in [-0.2, -0.15) is 0 Å². The Morgan fingerprint density at radius 2 is 2.00 bits per heavy atom. The molecule has 120 valence electrons. The molecule has 2 rings (SSSR count). The number of benzene rings is 1. The van der Waals surface area contributed by atoms with Crippen LogP contribution in [0.4, 0.5) is 0 Å². The number of nitrogens with one attached hydrogen (secondary N) is 1. The summed E-state index contributed by atoms with van der Waals surface area (Å²) in [5, 5.41) is 4.45. The predicted octanol–water partition coefficient (Wildman–Crippen LogP) is 3.57. The molecule has 0 saturated heterocycles. The molecule has 0 bridgehead atoms. The van der Waals surface area contributed by atoms with Crippen LogP contribution in [0, 0.1) is 6.92 Å². The van der Waals surface area contributed by atoms with Gasteiger partial charge in [0, 0.05) is 12.1 Å². The van der Waals surface area contributed by atoms with E-state index in [9.17, 15) is 9.59 Å². The van der Waals surface area contributed by atoms with Crippen molar-refractivity contribution >= 4 is 23.2 Å². The maximum absolute atomic E-state index is 12.3. The monoisotopic (exact) mass is 329 g/mol. The molecule has 1 N–H and O–H groups in total. The molecule has 1 atom stereocenters. The van der Waals surface area contributed by atoms with Crippen molar-refractivity contribution in [1.29, 1.82) is 0 Å². The molecular weight excluding hydrogens is 310 g/mol. The van der Waals surface area contributed by atoms with E-state index in [1.807, 2.05) is 42.6 Å². The van der Waals surface area contributed by atoms with E-state index in [4.69, 9.17) is 4.74 Å². The van der Waals surface area contributed by atoms with Crippen molar-refractivity contribution in [2.24, 2.45) is 0 Å². The second kappa shape index (κ2) is 7.74. The van der Waals surface area contributed by atoms with Gasteiger partial charge in [-0.15, -0.1) is 17.9 Å². The molecule has 1 aromatic carbocycles. The molecule has 4 nitrogen and oxygen atoms in total. The summed E-state index contributed by atoms with van der Waals surface area (Å²) in [5.41, 5.74) is 2.92. The Hall–Kier alpha value is -2.40. The van der Waals surface area contributed by atoms with Gasteiger partial charge in [-0.05, 0) is 30.9 Å². The van der Waals surface area contributed by atoms with E-state index in [2.05, 4.69) is 11.9 Å². The number of rotatable bonds is 6. The van der Waals surface area contributed by atoms with Crippen molar-refractivity contribution < 1.29 is 14.3 Å². The van der Waals surface area contributed by atoms with E-state index < -0.39 is 12.1 Å². The molecule has 0 radical (unpaired) electrons. The minimum atomic E-state index is -0.851. The summed E-state index contributed by atoms with van der Waals surface area (Å²) in [7, 11) is 0. The highest BCUT2D eigenvalue weighted by atomic mass is 32.1. The van der Waals surface area contributed by atoms with E-state index in [1.165, 1.54) is 11.3 Å². The van der Waals surface area contributed by atoms with Crippen LogP contribution in [0.3, 0.4) is 0 Å². The van der Waals surface area contributed by atoms with E-state index >= 15 is 0 Å². The van der Waals surface area contributed by atoms with Crippen molar-refractivity contribution in [2.75, 3.05) is 6.54 Å². The summed E-state index contributed by atoms with van der Waals surface area (Å²) in [6.45, 7) is 7.43. The lowest BCUT2D eigenvalue weighted by Crippen LogP contribution is -2.35. The molecule has 1 unspecified atom stereocenters. The summed E-state index contributed by atoms with van der Waals surface area (Å²) in [4.78, 5) is 24.6. The highest BCUT2D eigenvalue weighted by molar-refractivity contribution is 7.12. The summed E-state index contributed by atoms with van der Waals surface area (Å²) < 4.78 is 5.26. The van der Waals surface area contributed by atoms with Crippen LogP contribution in [-0.2, 0) is 9.53 Å². The molecule has 1 heterocycles. The number of carbonyl (C=O) groups is 2. The smallest absolute Gasteiger partial charge is 0.349 e.